The largest absolute Gasteiger partial charge is 0.493 e. The fourth-order valence-electron chi connectivity index (χ4n) is 3.14. The number of nitrogens with one attached hydrogen (secondary N) is 1. The van der Waals surface area contributed by atoms with Crippen molar-refractivity contribution in [3.05, 3.63) is 40.8 Å². The summed E-state index contributed by atoms with van der Waals surface area (Å²) in [7, 11) is -1.95. The molecule has 0 radical (unpaired) electrons. The molecule has 1 aliphatic rings. The number of carbonyl (C=O) groups excluding carboxylic acids is 1. The van der Waals surface area contributed by atoms with Gasteiger partial charge in [0.2, 0.25) is 10.0 Å². The van der Waals surface area contributed by atoms with E-state index in [-0.39, 0.29) is 18.9 Å². The summed E-state index contributed by atoms with van der Waals surface area (Å²) >= 11 is 0. The van der Waals surface area contributed by atoms with E-state index < -0.39 is 15.9 Å². The van der Waals surface area contributed by atoms with Gasteiger partial charge in [0.1, 0.15) is 12.4 Å². The second kappa shape index (κ2) is 10.1. The first-order chi connectivity index (χ1) is 14.8. The van der Waals surface area contributed by atoms with E-state index in [1.54, 1.807) is 18.2 Å². The van der Waals surface area contributed by atoms with Crippen LogP contribution in [-0.4, -0.2) is 69.5 Å². The van der Waals surface area contributed by atoms with Crippen molar-refractivity contribution >= 4 is 15.9 Å². The van der Waals surface area contributed by atoms with Crippen LogP contribution in [0.3, 0.4) is 0 Å². The van der Waals surface area contributed by atoms with Crippen molar-refractivity contribution in [2.75, 3.05) is 45.7 Å². The fraction of sp³-hybridized carbons (Fsp3) is 0.500. The number of ether oxygens (including phenoxy) is 3. The van der Waals surface area contributed by atoms with Gasteiger partial charge in [-0.25, -0.2) is 8.42 Å². The van der Waals surface area contributed by atoms with Crippen LogP contribution in [0.2, 0.25) is 0 Å². The van der Waals surface area contributed by atoms with E-state index in [0.717, 1.165) is 11.3 Å². The number of benzene rings is 1. The molecule has 0 spiro atoms. The molecule has 1 N–H and O–H groups in total. The standard InChI is InChI=1S/C20H27N3O7S/c1-14-17(15(2)30-22-14)13-29-18-5-4-16(12-19(18)27-3)20(24)21-6-11-31(25,26)23-7-9-28-10-8-23/h4-5,12H,6-11,13H2,1-3H3,(H,21,24). The molecule has 0 saturated carbocycles. The lowest BCUT2D eigenvalue weighted by atomic mass is 10.2. The number of sulfonamides is 1. The number of methoxy groups -OCH3 is 1. The maximum absolute atomic E-state index is 12.5. The van der Waals surface area contributed by atoms with Crippen molar-refractivity contribution in [1.29, 1.82) is 0 Å². The molecule has 1 aromatic carbocycles. The molecule has 1 aromatic heterocycles. The molecular formula is C20H27N3O7S. The van der Waals surface area contributed by atoms with E-state index in [1.807, 2.05) is 13.8 Å². The molecule has 0 unspecified atom stereocenters. The Balaban J connectivity index is 1.57. The molecule has 3 rings (SSSR count). The number of rotatable bonds is 9. The lowest BCUT2D eigenvalue weighted by molar-refractivity contribution is 0.0730. The van der Waals surface area contributed by atoms with Gasteiger partial charge in [0, 0.05) is 25.2 Å². The van der Waals surface area contributed by atoms with Gasteiger partial charge >= 0.3 is 0 Å². The summed E-state index contributed by atoms with van der Waals surface area (Å²) in [6, 6.07) is 4.78. The summed E-state index contributed by atoms with van der Waals surface area (Å²) in [6.07, 6.45) is 0. The topological polar surface area (TPSA) is 120 Å². The third kappa shape index (κ3) is 5.75. The van der Waals surface area contributed by atoms with Crippen LogP contribution in [0.15, 0.2) is 22.7 Å². The van der Waals surface area contributed by atoms with Crippen molar-refractivity contribution in [2.45, 2.75) is 20.5 Å². The van der Waals surface area contributed by atoms with Crippen LogP contribution in [0, 0.1) is 13.8 Å². The molecule has 170 valence electrons. The van der Waals surface area contributed by atoms with Crippen LogP contribution in [-0.2, 0) is 21.4 Å². The Hall–Kier alpha value is -2.63. The maximum Gasteiger partial charge on any atom is 0.251 e. The van der Waals surface area contributed by atoms with Crippen molar-refractivity contribution in [1.82, 2.24) is 14.8 Å². The van der Waals surface area contributed by atoms with E-state index in [1.165, 1.54) is 11.4 Å². The Kier molecular flexibility index (Phi) is 7.52. The predicted octanol–water partition coefficient (Wildman–Crippen LogP) is 1.27. The fourth-order valence-corrected chi connectivity index (χ4v) is 4.46. The average Bonchev–Trinajstić information content (AvgIpc) is 3.09. The van der Waals surface area contributed by atoms with E-state index >= 15 is 0 Å². The summed E-state index contributed by atoms with van der Waals surface area (Å²) in [5, 5.41) is 6.53. The number of aromatic nitrogens is 1. The number of nitrogens with zero attached hydrogens (tertiary/aromatic N) is 2. The van der Waals surface area contributed by atoms with Crippen LogP contribution in [0.1, 0.15) is 27.4 Å². The second-order valence-corrected chi connectivity index (χ2v) is 9.13. The highest BCUT2D eigenvalue weighted by molar-refractivity contribution is 7.89. The number of morpholine rings is 1. The van der Waals surface area contributed by atoms with E-state index in [0.29, 0.717) is 49.1 Å². The zero-order valence-corrected chi connectivity index (χ0v) is 18.7. The lowest BCUT2D eigenvalue weighted by Gasteiger charge is -2.26. The highest BCUT2D eigenvalue weighted by Crippen LogP contribution is 2.29. The number of carbonyl (C=O) groups is 1. The number of amides is 1. The number of hydrogen-bond acceptors (Lipinski definition) is 8. The summed E-state index contributed by atoms with van der Waals surface area (Å²) in [4.78, 5) is 12.5. The molecule has 0 aliphatic carbocycles. The van der Waals surface area contributed by atoms with Gasteiger partial charge in [0.25, 0.3) is 5.91 Å². The van der Waals surface area contributed by atoms with Gasteiger partial charge < -0.3 is 24.1 Å². The first-order valence-electron chi connectivity index (χ1n) is 9.88. The van der Waals surface area contributed by atoms with Gasteiger partial charge in [-0.3, -0.25) is 4.79 Å². The molecule has 1 fully saturated rings. The molecule has 1 aliphatic heterocycles. The number of hydrogen-bond donors (Lipinski definition) is 1. The summed E-state index contributed by atoms with van der Waals surface area (Å²) in [5.41, 5.74) is 1.94. The van der Waals surface area contributed by atoms with Crippen molar-refractivity contribution in [2.24, 2.45) is 0 Å². The first kappa shape index (κ1) is 23.0. The van der Waals surface area contributed by atoms with Gasteiger partial charge in [-0.05, 0) is 32.0 Å². The zero-order valence-electron chi connectivity index (χ0n) is 17.8. The van der Waals surface area contributed by atoms with Crippen LogP contribution in [0.4, 0.5) is 0 Å². The molecule has 0 atom stereocenters. The van der Waals surface area contributed by atoms with Crippen LogP contribution < -0.4 is 14.8 Å². The normalized spacial score (nSPS) is 14.9. The SMILES string of the molecule is COc1cc(C(=O)NCCS(=O)(=O)N2CCOCC2)ccc1OCc1c(C)noc1C. The molecule has 0 bridgehead atoms. The van der Waals surface area contributed by atoms with Crippen LogP contribution >= 0.6 is 0 Å². The molecule has 31 heavy (non-hydrogen) atoms. The summed E-state index contributed by atoms with van der Waals surface area (Å²) in [6.45, 7) is 5.34. The minimum atomic E-state index is -3.44. The Morgan fingerprint density at radius 2 is 1.97 bits per heavy atom. The van der Waals surface area contributed by atoms with Gasteiger partial charge in [0.05, 0.1) is 37.3 Å². The second-order valence-electron chi connectivity index (χ2n) is 7.04. The molecule has 1 saturated heterocycles. The van der Waals surface area contributed by atoms with Crippen molar-refractivity contribution < 1.29 is 31.9 Å². The predicted molar refractivity (Wildman–Crippen MR) is 112 cm³/mol. The molecule has 11 heteroatoms. The smallest absolute Gasteiger partial charge is 0.251 e. The van der Waals surface area contributed by atoms with Crippen LogP contribution in [0.5, 0.6) is 11.5 Å². The van der Waals surface area contributed by atoms with Gasteiger partial charge in [-0.15, -0.1) is 0 Å². The highest BCUT2D eigenvalue weighted by atomic mass is 32.2. The zero-order chi connectivity index (χ0) is 22.4. The Morgan fingerprint density at radius 1 is 1.23 bits per heavy atom. The Morgan fingerprint density at radius 3 is 2.61 bits per heavy atom. The molecule has 2 aromatic rings. The summed E-state index contributed by atoms with van der Waals surface area (Å²) in [5.74, 6) is 0.968. The van der Waals surface area contributed by atoms with E-state index in [9.17, 15) is 13.2 Å². The maximum atomic E-state index is 12.5. The minimum absolute atomic E-state index is 0.00509. The minimum Gasteiger partial charge on any atom is -0.493 e. The van der Waals surface area contributed by atoms with Gasteiger partial charge in [0.15, 0.2) is 11.5 Å². The van der Waals surface area contributed by atoms with Gasteiger partial charge in [-0.2, -0.15) is 4.31 Å². The average molecular weight is 454 g/mol. The van der Waals surface area contributed by atoms with Gasteiger partial charge in [-0.1, -0.05) is 5.16 Å². The first-order valence-corrected chi connectivity index (χ1v) is 11.5. The van der Waals surface area contributed by atoms with E-state index in [2.05, 4.69) is 10.5 Å². The Labute approximate surface area is 181 Å². The van der Waals surface area contributed by atoms with Crippen LogP contribution in [0.25, 0.3) is 0 Å². The van der Waals surface area contributed by atoms with Crippen molar-refractivity contribution in [3.63, 3.8) is 0 Å². The summed E-state index contributed by atoms with van der Waals surface area (Å²) < 4.78 is 47.5. The molecule has 10 nitrogen and oxygen atoms in total. The monoisotopic (exact) mass is 453 g/mol. The lowest BCUT2D eigenvalue weighted by Crippen LogP contribution is -2.43. The molecular weight excluding hydrogens is 426 g/mol. The third-order valence-corrected chi connectivity index (χ3v) is 6.86. The molecule has 2 heterocycles. The van der Waals surface area contributed by atoms with Crippen molar-refractivity contribution in [3.8, 4) is 11.5 Å². The third-order valence-electron chi connectivity index (χ3n) is 4.99. The quantitative estimate of drug-likeness (QED) is 0.603. The van der Waals surface area contributed by atoms with E-state index in [4.69, 9.17) is 18.7 Å². The highest BCUT2D eigenvalue weighted by Gasteiger charge is 2.24. The number of aryl methyl sites for hydroxylation is 2. The Bertz CT molecular complexity index is 994. The molecule has 1 amide bonds.